The molecule has 3 rings (SSSR count). The molecule has 0 N–H and O–H groups in total. The fourth-order valence-electron chi connectivity index (χ4n) is 3.59. The molecule has 0 aliphatic carbocycles. The molecule has 1 aromatic carbocycles. The van der Waals surface area contributed by atoms with Crippen LogP contribution in [0.4, 0.5) is 4.79 Å². The summed E-state index contributed by atoms with van der Waals surface area (Å²) in [6.07, 6.45) is 3.48. The van der Waals surface area contributed by atoms with E-state index < -0.39 is 16.6 Å². The van der Waals surface area contributed by atoms with E-state index in [4.69, 9.17) is 4.74 Å². The molecule has 3 aromatic rings. The van der Waals surface area contributed by atoms with Crippen molar-refractivity contribution in [1.82, 2.24) is 9.55 Å². The van der Waals surface area contributed by atoms with Crippen molar-refractivity contribution >= 4 is 27.9 Å². The van der Waals surface area contributed by atoms with Gasteiger partial charge in [-0.25, -0.2) is 9.78 Å². The second-order valence-corrected chi connectivity index (χ2v) is 10.0. The molecule has 0 aliphatic rings. The zero-order valence-corrected chi connectivity index (χ0v) is 20.5. The Morgan fingerprint density at radius 1 is 1.19 bits per heavy atom. The van der Waals surface area contributed by atoms with Crippen LogP contribution in [-0.2, 0) is 23.5 Å². The zero-order chi connectivity index (χ0) is 23.4. The molecule has 0 radical (unpaired) electrons. The zero-order valence-electron chi connectivity index (χ0n) is 18.8. The Bertz CT molecular complexity index is 1230. The van der Waals surface area contributed by atoms with Gasteiger partial charge in [-0.15, -0.1) is 11.3 Å². The van der Waals surface area contributed by atoms with Crippen LogP contribution in [0.2, 0.25) is 0 Å². The van der Waals surface area contributed by atoms with E-state index in [1.165, 1.54) is 11.3 Å². The first-order valence-corrected chi connectivity index (χ1v) is 12.3. The van der Waals surface area contributed by atoms with Gasteiger partial charge in [-0.05, 0) is 36.0 Å². The average molecular weight is 474 g/mol. The number of rotatable bonds is 7. The molecule has 170 valence electrons. The fraction of sp³-hybridized carbons (Fsp3) is 0.391. The number of hydrogen-bond donors (Lipinski definition) is 0. The van der Waals surface area contributed by atoms with Crippen molar-refractivity contribution in [2.45, 2.75) is 53.5 Å². The Morgan fingerprint density at radius 2 is 1.88 bits per heavy atom. The minimum absolute atomic E-state index is 0.336. The van der Waals surface area contributed by atoms with Gasteiger partial charge in [-0.3, -0.25) is 0 Å². The Balaban J connectivity index is 1.94. The molecule has 2 aromatic heterocycles. The highest BCUT2D eigenvalue weighted by Gasteiger charge is 2.21. The fourth-order valence-corrected chi connectivity index (χ4v) is 5.13. The quantitative estimate of drug-likeness (QED) is 0.429. The monoisotopic (exact) mass is 473 g/mol. The van der Waals surface area contributed by atoms with Gasteiger partial charge in [0.05, 0.1) is 0 Å². The van der Waals surface area contributed by atoms with Crippen molar-refractivity contribution in [3.05, 3.63) is 58.5 Å². The number of hydrogen-bond acceptors (Lipinski definition) is 6. The second-order valence-electron chi connectivity index (χ2n) is 8.35. The molecule has 2 heterocycles. The van der Waals surface area contributed by atoms with Crippen LogP contribution in [0.3, 0.4) is 0 Å². The standard InChI is InChI=1S/C23H27N3O4S2/c1-14(2)12-19-16(5)20(22(31-19)30-23(27)25-32(28)29)18-8-6-17(7-9-18)13-26-11-10-24-21(26)15(3)4/h6-11,14-15H,12-13H2,1-5H3. The summed E-state index contributed by atoms with van der Waals surface area (Å²) in [5.74, 6) is 1.80. The van der Waals surface area contributed by atoms with Crippen molar-refractivity contribution < 1.29 is 17.9 Å². The second kappa shape index (κ2) is 10.2. The maximum Gasteiger partial charge on any atom is 0.455 e. The Labute approximate surface area is 193 Å². The lowest BCUT2D eigenvalue weighted by Gasteiger charge is -2.11. The van der Waals surface area contributed by atoms with Gasteiger partial charge < -0.3 is 9.30 Å². The van der Waals surface area contributed by atoms with E-state index in [1.807, 2.05) is 43.6 Å². The van der Waals surface area contributed by atoms with Crippen LogP contribution in [-0.4, -0.2) is 24.1 Å². The van der Waals surface area contributed by atoms with Crippen LogP contribution in [0.25, 0.3) is 11.1 Å². The minimum atomic E-state index is -2.86. The van der Waals surface area contributed by atoms with E-state index in [1.54, 1.807) is 0 Å². The van der Waals surface area contributed by atoms with Crippen molar-refractivity contribution in [2.24, 2.45) is 10.3 Å². The van der Waals surface area contributed by atoms with Crippen LogP contribution in [0.1, 0.15) is 55.4 Å². The minimum Gasteiger partial charge on any atom is -0.396 e. The summed E-state index contributed by atoms with van der Waals surface area (Å²) in [5, 5.41) is 0.363. The highest BCUT2D eigenvalue weighted by atomic mass is 32.2. The number of carbonyl (C=O) groups is 1. The third kappa shape index (κ3) is 5.72. The molecule has 0 spiro atoms. The highest BCUT2D eigenvalue weighted by Crippen LogP contribution is 2.43. The summed E-state index contributed by atoms with van der Waals surface area (Å²) >= 11 is 1.36. The Kier molecular flexibility index (Phi) is 7.63. The van der Waals surface area contributed by atoms with Gasteiger partial charge >= 0.3 is 16.6 Å². The van der Waals surface area contributed by atoms with Gasteiger partial charge in [-0.2, -0.15) is 8.42 Å². The van der Waals surface area contributed by atoms with Gasteiger partial charge in [0.2, 0.25) is 0 Å². The van der Waals surface area contributed by atoms with Gasteiger partial charge in [0.15, 0.2) is 5.06 Å². The molecule has 1 amide bonds. The summed E-state index contributed by atoms with van der Waals surface area (Å²) in [6, 6.07) is 8.08. The van der Waals surface area contributed by atoms with E-state index in [0.717, 1.165) is 39.4 Å². The van der Waals surface area contributed by atoms with Crippen LogP contribution in [0.5, 0.6) is 5.06 Å². The van der Waals surface area contributed by atoms with E-state index >= 15 is 0 Å². The number of thiophene rings is 1. The number of carbonyl (C=O) groups excluding carboxylic acids is 1. The van der Waals surface area contributed by atoms with E-state index in [0.29, 0.717) is 23.4 Å². The molecular formula is C23H27N3O4S2. The molecule has 0 unspecified atom stereocenters. The van der Waals surface area contributed by atoms with Crippen molar-refractivity contribution in [1.29, 1.82) is 0 Å². The molecule has 7 nitrogen and oxygen atoms in total. The maximum atomic E-state index is 11.9. The van der Waals surface area contributed by atoms with Crippen molar-refractivity contribution in [3.8, 4) is 16.2 Å². The van der Waals surface area contributed by atoms with Gasteiger partial charge in [0.25, 0.3) is 0 Å². The van der Waals surface area contributed by atoms with Crippen LogP contribution in [0, 0.1) is 12.8 Å². The third-order valence-corrected chi connectivity index (χ3v) is 6.49. The first-order valence-electron chi connectivity index (χ1n) is 10.4. The molecule has 0 aliphatic heterocycles. The first kappa shape index (κ1) is 23.9. The van der Waals surface area contributed by atoms with Crippen molar-refractivity contribution in [3.63, 3.8) is 0 Å². The van der Waals surface area contributed by atoms with Gasteiger partial charge in [-0.1, -0.05) is 56.3 Å². The van der Waals surface area contributed by atoms with Crippen LogP contribution in [0.15, 0.2) is 41.0 Å². The molecular weight excluding hydrogens is 446 g/mol. The summed E-state index contributed by atoms with van der Waals surface area (Å²) in [7, 11) is -2.86. The van der Waals surface area contributed by atoms with E-state index in [-0.39, 0.29) is 0 Å². The maximum absolute atomic E-state index is 11.9. The largest absolute Gasteiger partial charge is 0.455 e. The van der Waals surface area contributed by atoms with Gasteiger partial charge in [0.1, 0.15) is 5.82 Å². The molecule has 9 heteroatoms. The Morgan fingerprint density at radius 3 is 2.47 bits per heavy atom. The topological polar surface area (TPSA) is 90.6 Å². The predicted octanol–water partition coefficient (Wildman–Crippen LogP) is 5.85. The molecule has 32 heavy (non-hydrogen) atoms. The predicted molar refractivity (Wildman–Crippen MR) is 126 cm³/mol. The highest BCUT2D eigenvalue weighted by molar-refractivity contribution is 7.62. The summed E-state index contributed by atoms with van der Waals surface area (Å²) in [5.41, 5.74) is 3.85. The number of aromatic nitrogens is 2. The molecule has 0 bridgehead atoms. The summed E-state index contributed by atoms with van der Waals surface area (Å²) in [4.78, 5) is 17.4. The lowest BCUT2D eigenvalue weighted by molar-refractivity contribution is 0.213. The Hall–Kier alpha value is -2.78. The molecule has 0 fully saturated rings. The summed E-state index contributed by atoms with van der Waals surface area (Å²) in [6.45, 7) is 11.2. The molecule has 0 saturated heterocycles. The number of benzene rings is 1. The number of amides is 1. The number of imidazole rings is 1. The smallest absolute Gasteiger partial charge is 0.396 e. The SMILES string of the molecule is Cc1c(CC(C)C)sc(OC(=O)N=S(=O)=O)c1-c1ccc(Cn2ccnc2C(C)C)cc1. The van der Waals surface area contributed by atoms with E-state index in [9.17, 15) is 13.2 Å². The lowest BCUT2D eigenvalue weighted by Crippen LogP contribution is -2.05. The van der Waals surface area contributed by atoms with Crippen molar-refractivity contribution in [2.75, 3.05) is 0 Å². The normalized spacial score (nSPS) is 11.2. The van der Waals surface area contributed by atoms with Gasteiger partial charge in [0, 0.05) is 35.3 Å². The number of ether oxygens (including phenoxy) is 1. The van der Waals surface area contributed by atoms with Crippen LogP contribution >= 0.6 is 11.3 Å². The molecule has 0 atom stereocenters. The van der Waals surface area contributed by atoms with Crippen LogP contribution < -0.4 is 4.74 Å². The molecule has 0 saturated carbocycles. The first-order chi connectivity index (χ1) is 15.2. The average Bonchev–Trinajstić information content (AvgIpc) is 3.26. The third-order valence-electron chi connectivity index (χ3n) is 5.00. The summed E-state index contributed by atoms with van der Waals surface area (Å²) < 4.78 is 31.9. The number of nitrogens with zero attached hydrogens (tertiary/aromatic N) is 3. The van der Waals surface area contributed by atoms with E-state index in [2.05, 4.69) is 41.6 Å². The lowest BCUT2D eigenvalue weighted by atomic mass is 9.99.